The predicted octanol–water partition coefficient (Wildman–Crippen LogP) is 5.43. The van der Waals surface area contributed by atoms with Crippen molar-refractivity contribution in [1.29, 1.82) is 0 Å². The first-order chi connectivity index (χ1) is 10.9. The monoisotopic (exact) mass is 320 g/mol. The molecule has 1 unspecified atom stereocenters. The third kappa shape index (κ3) is 7.08. The van der Waals surface area contributed by atoms with Crippen molar-refractivity contribution in [3.63, 3.8) is 0 Å². The Hall–Kier alpha value is -1.48. The summed E-state index contributed by atoms with van der Waals surface area (Å²) in [6, 6.07) is 5.31. The van der Waals surface area contributed by atoms with Crippen molar-refractivity contribution in [2.45, 2.75) is 59.0 Å². The maximum atomic E-state index is 9.59. The lowest BCUT2D eigenvalue weighted by atomic mass is 9.93. The number of benzene rings is 1. The Bertz CT molecular complexity index is 494. The first kappa shape index (κ1) is 19.6. The number of methoxy groups -OCH3 is 1. The highest BCUT2D eigenvalue weighted by atomic mass is 16.5. The molecule has 0 aliphatic rings. The Morgan fingerprint density at radius 3 is 2.65 bits per heavy atom. The summed E-state index contributed by atoms with van der Waals surface area (Å²) >= 11 is 0. The topological polar surface area (TPSA) is 38.7 Å². The van der Waals surface area contributed by atoms with Crippen LogP contribution < -0.4 is 4.74 Å². The predicted molar refractivity (Wildman–Crippen MR) is 97.0 cm³/mol. The standard InChI is InChI=1S/C20H32O3/c1-6-20(4,13-7-9-16(2)3)23-14-8-10-17-11-12-18(21)19(15-17)22-5/h8,10-12,15-16,21H,6-7,9,13-14H2,1-5H3/b10-8+. The van der Waals surface area contributed by atoms with E-state index in [1.54, 1.807) is 13.2 Å². The van der Waals surface area contributed by atoms with Crippen LogP contribution in [0, 0.1) is 5.92 Å². The Labute approximate surface area is 141 Å². The van der Waals surface area contributed by atoms with Crippen molar-refractivity contribution in [2.24, 2.45) is 5.92 Å². The molecule has 0 amide bonds. The van der Waals surface area contributed by atoms with Gasteiger partial charge in [-0.05, 0) is 43.4 Å². The highest BCUT2D eigenvalue weighted by molar-refractivity contribution is 5.55. The molecule has 1 rings (SSSR count). The van der Waals surface area contributed by atoms with Crippen molar-refractivity contribution >= 4 is 6.08 Å². The van der Waals surface area contributed by atoms with E-state index in [-0.39, 0.29) is 11.4 Å². The fourth-order valence-corrected chi connectivity index (χ4v) is 2.47. The van der Waals surface area contributed by atoms with Crippen LogP contribution in [0.3, 0.4) is 0 Å². The van der Waals surface area contributed by atoms with E-state index in [2.05, 4.69) is 27.7 Å². The van der Waals surface area contributed by atoms with Gasteiger partial charge in [-0.2, -0.15) is 0 Å². The van der Waals surface area contributed by atoms with Gasteiger partial charge in [0, 0.05) is 0 Å². The molecule has 3 heteroatoms. The third-order valence-corrected chi connectivity index (χ3v) is 4.28. The average Bonchev–Trinajstić information content (AvgIpc) is 2.52. The zero-order valence-corrected chi connectivity index (χ0v) is 15.3. The molecule has 3 nitrogen and oxygen atoms in total. The third-order valence-electron chi connectivity index (χ3n) is 4.28. The molecule has 1 aromatic rings. The average molecular weight is 320 g/mol. The van der Waals surface area contributed by atoms with Crippen molar-refractivity contribution in [3.8, 4) is 11.5 Å². The number of aromatic hydroxyl groups is 1. The van der Waals surface area contributed by atoms with Crippen molar-refractivity contribution in [3.05, 3.63) is 29.8 Å². The SMILES string of the molecule is CCC(C)(CCCC(C)C)OC/C=C/c1ccc(O)c(OC)c1. The van der Waals surface area contributed by atoms with Crippen LogP contribution in [0.5, 0.6) is 11.5 Å². The van der Waals surface area contributed by atoms with Gasteiger partial charge in [0.05, 0.1) is 19.3 Å². The van der Waals surface area contributed by atoms with Gasteiger partial charge in [-0.3, -0.25) is 0 Å². The number of rotatable bonds is 10. The zero-order chi connectivity index (χ0) is 17.3. The van der Waals surface area contributed by atoms with Gasteiger partial charge in [-0.15, -0.1) is 0 Å². The van der Waals surface area contributed by atoms with E-state index in [1.165, 1.54) is 12.8 Å². The molecular weight excluding hydrogens is 288 g/mol. The van der Waals surface area contributed by atoms with Crippen LogP contribution in [-0.4, -0.2) is 24.4 Å². The van der Waals surface area contributed by atoms with Gasteiger partial charge in [0.2, 0.25) is 0 Å². The molecule has 0 saturated carbocycles. The minimum Gasteiger partial charge on any atom is -0.504 e. The fraction of sp³-hybridized carbons (Fsp3) is 0.600. The fourth-order valence-electron chi connectivity index (χ4n) is 2.47. The maximum Gasteiger partial charge on any atom is 0.161 e. The van der Waals surface area contributed by atoms with Gasteiger partial charge in [0.15, 0.2) is 11.5 Å². The molecular formula is C20H32O3. The summed E-state index contributed by atoms with van der Waals surface area (Å²) in [6.45, 7) is 9.50. The van der Waals surface area contributed by atoms with Gasteiger partial charge >= 0.3 is 0 Å². The summed E-state index contributed by atoms with van der Waals surface area (Å²) in [7, 11) is 1.55. The zero-order valence-electron chi connectivity index (χ0n) is 15.3. The van der Waals surface area contributed by atoms with Crippen LogP contribution in [0.15, 0.2) is 24.3 Å². The summed E-state index contributed by atoms with van der Waals surface area (Å²) in [5.74, 6) is 1.39. The van der Waals surface area contributed by atoms with E-state index in [0.29, 0.717) is 12.4 Å². The molecule has 0 heterocycles. The van der Waals surface area contributed by atoms with Gasteiger partial charge in [-0.25, -0.2) is 0 Å². The van der Waals surface area contributed by atoms with Gasteiger partial charge < -0.3 is 14.6 Å². The van der Waals surface area contributed by atoms with Gasteiger partial charge in [0.25, 0.3) is 0 Å². The largest absolute Gasteiger partial charge is 0.504 e. The number of hydrogen-bond acceptors (Lipinski definition) is 3. The molecule has 0 aromatic heterocycles. The van der Waals surface area contributed by atoms with Crippen molar-refractivity contribution < 1.29 is 14.6 Å². The number of phenolic OH excluding ortho intramolecular Hbond substituents is 1. The first-order valence-electron chi connectivity index (χ1n) is 8.57. The summed E-state index contributed by atoms with van der Waals surface area (Å²) < 4.78 is 11.2. The van der Waals surface area contributed by atoms with Crippen molar-refractivity contribution in [1.82, 2.24) is 0 Å². The summed E-state index contributed by atoms with van der Waals surface area (Å²) in [5, 5.41) is 9.59. The molecule has 0 bridgehead atoms. The summed E-state index contributed by atoms with van der Waals surface area (Å²) in [6.07, 6.45) is 8.59. The molecule has 1 aromatic carbocycles. The van der Waals surface area contributed by atoms with E-state index in [0.717, 1.165) is 24.3 Å². The van der Waals surface area contributed by atoms with Crippen LogP contribution >= 0.6 is 0 Å². The molecule has 0 aliphatic heterocycles. The molecule has 0 saturated heterocycles. The lowest BCUT2D eigenvalue weighted by Crippen LogP contribution is -2.28. The summed E-state index contributed by atoms with van der Waals surface area (Å²) in [4.78, 5) is 0. The Balaban J connectivity index is 2.49. The minimum atomic E-state index is -0.0497. The second-order valence-electron chi connectivity index (χ2n) is 6.73. The minimum absolute atomic E-state index is 0.0497. The molecule has 0 spiro atoms. The van der Waals surface area contributed by atoms with Gasteiger partial charge in [0.1, 0.15) is 0 Å². The number of phenols is 1. The number of ether oxygens (including phenoxy) is 2. The van der Waals surface area contributed by atoms with Crippen LogP contribution in [0.2, 0.25) is 0 Å². The highest BCUT2D eigenvalue weighted by Crippen LogP contribution is 2.27. The van der Waals surface area contributed by atoms with E-state index >= 15 is 0 Å². The Morgan fingerprint density at radius 2 is 2.04 bits per heavy atom. The molecule has 1 N–H and O–H groups in total. The van der Waals surface area contributed by atoms with Crippen LogP contribution in [-0.2, 0) is 4.74 Å². The molecule has 0 fully saturated rings. The lowest BCUT2D eigenvalue weighted by Gasteiger charge is -2.28. The van der Waals surface area contributed by atoms with Crippen LogP contribution in [0.1, 0.15) is 58.9 Å². The Morgan fingerprint density at radius 1 is 1.30 bits per heavy atom. The molecule has 0 radical (unpaired) electrons. The normalized spacial score (nSPS) is 14.3. The van der Waals surface area contributed by atoms with Crippen LogP contribution in [0.25, 0.3) is 6.08 Å². The van der Waals surface area contributed by atoms with E-state index in [1.807, 2.05) is 24.3 Å². The molecule has 23 heavy (non-hydrogen) atoms. The lowest BCUT2D eigenvalue weighted by molar-refractivity contribution is -0.0273. The first-order valence-corrected chi connectivity index (χ1v) is 8.57. The van der Waals surface area contributed by atoms with E-state index in [4.69, 9.17) is 9.47 Å². The molecule has 130 valence electrons. The van der Waals surface area contributed by atoms with Crippen molar-refractivity contribution in [2.75, 3.05) is 13.7 Å². The molecule has 1 atom stereocenters. The van der Waals surface area contributed by atoms with Gasteiger partial charge in [-0.1, -0.05) is 51.8 Å². The van der Waals surface area contributed by atoms with Crippen LogP contribution in [0.4, 0.5) is 0 Å². The second kappa shape index (κ2) is 9.61. The highest BCUT2D eigenvalue weighted by Gasteiger charge is 2.21. The van der Waals surface area contributed by atoms with E-state index in [9.17, 15) is 5.11 Å². The quantitative estimate of drug-likeness (QED) is 0.625. The molecule has 0 aliphatic carbocycles. The summed E-state index contributed by atoms with van der Waals surface area (Å²) in [5.41, 5.74) is 0.938. The maximum absolute atomic E-state index is 9.59. The Kier molecular flexibility index (Phi) is 8.18. The second-order valence-corrected chi connectivity index (χ2v) is 6.73. The van der Waals surface area contributed by atoms with E-state index < -0.39 is 0 Å². The smallest absolute Gasteiger partial charge is 0.161 e. The number of hydrogen-bond donors (Lipinski definition) is 1.